The van der Waals surface area contributed by atoms with Crippen LogP contribution in [0.3, 0.4) is 0 Å². The van der Waals surface area contributed by atoms with Crippen LogP contribution in [0.5, 0.6) is 0 Å². The molecule has 3 rings (SSSR count). The van der Waals surface area contributed by atoms with Gasteiger partial charge in [0.15, 0.2) is 6.61 Å². The van der Waals surface area contributed by atoms with Gasteiger partial charge in [-0.3, -0.25) is 9.59 Å². The number of fused-ring (bicyclic) bond motifs is 1. The summed E-state index contributed by atoms with van der Waals surface area (Å²) in [6.45, 7) is 1.40. The summed E-state index contributed by atoms with van der Waals surface area (Å²) in [5, 5.41) is 2.79. The number of esters is 1. The highest BCUT2D eigenvalue weighted by Crippen LogP contribution is 2.31. The van der Waals surface area contributed by atoms with Crippen molar-refractivity contribution in [1.29, 1.82) is 0 Å². The molecule has 6 heteroatoms. The van der Waals surface area contributed by atoms with Crippen molar-refractivity contribution in [1.82, 2.24) is 0 Å². The minimum Gasteiger partial charge on any atom is -0.452 e. The Balaban J connectivity index is 1.76. The standard InChI is InChI=1S/C19H18N2O4/c1-13-11-17(22)20-15-9-5-6-10-16(15)21(13)18(23)12-25-19(24)14-7-3-2-4-8-14/h2-10,13H,11-12H2,1H3,(H,20,22)/t13-/m1/s1. The molecule has 2 aromatic rings. The van der Waals surface area contributed by atoms with Gasteiger partial charge in [0.2, 0.25) is 5.91 Å². The highest BCUT2D eigenvalue weighted by molar-refractivity contribution is 6.05. The van der Waals surface area contributed by atoms with E-state index in [1.807, 2.05) is 0 Å². The molecule has 0 radical (unpaired) electrons. The lowest BCUT2D eigenvalue weighted by Gasteiger charge is -2.27. The second kappa shape index (κ2) is 7.17. The fourth-order valence-corrected chi connectivity index (χ4v) is 2.82. The molecule has 0 spiro atoms. The average molecular weight is 338 g/mol. The zero-order valence-corrected chi connectivity index (χ0v) is 13.8. The highest BCUT2D eigenvalue weighted by Gasteiger charge is 2.30. The predicted molar refractivity (Wildman–Crippen MR) is 93.4 cm³/mol. The normalized spacial score (nSPS) is 16.4. The number of para-hydroxylation sites is 2. The Bertz CT molecular complexity index is 804. The van der Waals surface area contributed by atoms with Crippen molar-refractivity contribution in [2.45, 2.75) is 19.4 Å². The van der Waals surface area contributed by atoms with Crippen LogP contribution in [0.2, 0.25) is 0 Å². The van der Waals surface area contributed by atoms with Gasteiger partial charge in [0.1, 0.15) is 0 Å². The first-order valence-corrected chi connectivity index (χ1v) is 7.99. The molecule has 1 aliphatic rings. The molecule has 0 aliphatic carbocycles. The molecule has 0 bridgehead atoms. The molecule has 0 saturated carbocycles. The number of rotatable bonds is 3. The Morgan fingerprint density at radius 2 is 1.80 bits per heavy atom. The number of benzene rings is 2. The first kappa shape index (κ1) is 16.7. The van der Waals surface area contributed by atoms with Gasteiger partial charge >= 0.3 is 5.97 Å². The van der Waals surface area contributed by atoms with Crippen molar-refractivity contribution >= 4 is 29.2 Å². The monoisotopic (exact) mass is 338 g/mol. The minimum atomic E-state index is -0.557. The van der Waals surface area contributed by atoms with E-state index in [1.54, 1.807) is 61.5 Å². The molecule has 128 valence electrons. The summed E-state index contributed by atoms with van der Waals surface area (Å²) in [4.78, 5) is 38.1. The maximum Gasteiger partial charge on any atom is 0.338 e. The first-order chi connectivity index (χ1) is 12.1. The molecule has 1 heterocycles. The molecule has 0 saturated heterocycles. The van der Waals surface area contributed by atoms with E-state index >= 15 is 0 Å². The first-order valence-electron chi connectivity index (χ1n) is 7.99. The zero-order valence-electron chi connectivity index (χ0n) is 13.8. The number of hydrogen-bond acceptors (Lipinski definition) is 4. The molecule has 25 heavy (non-hydrogen) atoms. The van der Waals surface area contributed by atoms with Crippen molar-refractivity contribution in [3.05, 3.63) is 60.2 Å². The SMILES string of the molecule is C[C@@H]1CC(=O)Nc2ccccc2N1C(=O)COC(=O)c1ccccc1. The number of carbonyl (C=O) groups excluding carboxylic acids is 3. The van der Waals surface area contributed by atoms with E-state index in [-0.39, 0.29) is 30.9 Å². The number of hydrogen-bond donors (Lipinski definition) is 1. The van der Waals surface area contributed by atoms with Gasteiger partial charge < -0.3 is 15.0 Å². The molecule has 2 aromatic carbocycles. The third-order valence-electron chi connectivity index (χ3n) is 3.96. The maximum absolute atomic E-state index is 12.7. The summed E-state index contributed by atoms with van der Waals surface area (Å²) < 4.78 is 5.14. The molecule has 1 aliphatic heterocycles. The Morgan fingerprint density at radius 3 is 2.56 bits per heavy atom. The van der Waals surface area contributed by atoms with Gasteiger partial charge in [0.05, 0.1) is 16.9 Å². The van der Waals surface area contributed by atoms with E-state index in [0.29, 0.717) is 16.9 Å². The summed E-state index contributed by atoms with van der Waals surface area (Å²) in [5.41, 5.74) is 1.55. The van der Waals surface area contributed by atoms with E-state index in [1.165, 1.54) is 4.90 Å². The minimum absolute atomic E-state index is 0.156. The summed E-state index contributed by atoms with van der Waals surface area (Å²) >= 11 is 0. The van der Waals surface area contributed by atoms with Crippen LogP contribution in [-0.2, 0) is 14.3 Å². The van der Waals surface area contributed by atoms with E-state index in [9.17, 15) is 14.4 Å². The van der Waals surface area contributed by atoms with Crippen molar-refractivity contribution in [2.75, 3.05) is 16.8 Å². The lowest BCUT2D eigenvalue weighted by atomic mass is 10.1. The van der Waals surface area contributed by atoms with Gasteiger partial charge in [0, 0.05) is 12.5 Å². The van der Waals surface area contributed by atoms with Crippen LogP contribution in [0.1, 0.15) is 23.7 Å². The van der Waals surface area contributed by atoms with Gasteiger partial charge in [-0.05, 0) is 31.2 Å². The average Bonchev–Trinajstić information content (AvgIpc) is 2.74. The van der Waals surface area contributed by atoms with Crippen molar-refractivity contribution < 1.29 is 19.1 Å². The van der Waals surface area contributed by atoms with Crippen LogP contribution in [0.25, 0.3) is 0 Å². The van der Waals surface area contributed by atoms with Crippen LogP contribution in [0, 0.1) is 0 Å². The van der Waals surface area contributed by atoms with Crippen molar-refractivity contribution in [3.63, 3.8) is 0 Å². The Kier molecular flexibility index (Phi) is 4.79. The van der Waals surface area contributed by atoms with Crippen LogP contribution in [-0.4, -0.2) is 30.4 Å². The molecule has 1 atom stereocenters. The number of nitrogens with zero attached hydrogens (tertiary/aromatic N) is 1. The van der Waals surface area contributed by atoms with Crippen molar-refractivity contribution in [3.8, 4) is 0 Å². The smallest absolute Gasteiger partial charge is 0.338 e. The molecule has 0 aromatic heterocycles. The molecule has 0 fully saturated rings. The third kappa shape index (κ3) is 3.68. The molecule has 6 nitrogen and oxygen atoms in total. The number of nitrogens with one attached hydrogen (secondary N) is 1. The van der Waals surface area contributed by atoms with Gasteiger partial charge in [-0.15, -0.1) is 0 Å². The number of ether oxygens (including phenoxy) is 1. The summed E-state index contributed by atoms with van der Waals surface area (Å²) in [5.74, 6) is -1.09. The fraction of sp³-hybridized carbons (Fsp3) is 0.211. The largest absolute Gasteiger partial charge is 0.452 e. The number of anilines is 2. The number of amides is 2. The summed E-state index contributed by atoms with van der Waals surface area (Å²) in [6, 6.07) is 15.2. The van der Waals surface area contributed by atoms with Crippen LogP contribution >= 0.6 is 0 Å². The Hall–Kier alpha value is -3.15. The highest BCUT2D eigenvalue weighted by atomic mass is 16.5. The van der Waals surface area contributed by atoms with Gasteiger partial charge in [-0.1, -0.05) is 30.3 Å². The van der Waals surface area contributed by atoms with Gasteiger partial charge in [0.25, 0.3) is 5.91 Å². The third-order valence-corrected chi connectivity index (χ3v) is 3.96. The molecule has 0 unspecified atom stereocenters. The topological polar surface area (TPSA) is 75.7 Å². The summed E-state index contributed by atoms with van der Waals surface area (Å²) in [6.07, 6.45) is 0.174. The lowest BCUT2D eigenvalue weighted by molar-refractivity contribution is -0.122. The van der Waals surface area contributed by atoms with Crippen LogP contribution in [0.4, 0.5) is 11.4 Å². The quantitative estimate of drug-likeness (QED) is 0.873. The Morgan fingerprint density at radius 1 is 1.12 bits per heavy atom. The van der Waals surface area contributed by atoms with Crippen LogP contribution < -0.4 is 10.2 Å². The summed E-state index contributed by atoms with van der Waals surface area (Å²) in [7, 11) is 0. The van der Waals surface area contributed by atoms with Gasteiger partial charge in [-0.25, -0.2) is 4.79 Å². The maximum atomic E-state index is 12.7. The molecule has 2 amide bonds. The number of carbonyl (C=O) groups is 3. The van der Waals surface area contributed by atoms with E-state index < -0.39 is 5.97 Å². The zero-order chi connectivity index (χ0) is 17.8. The van der Waals surface area contributed by atoms with E-state index in [2.05, 4.69) is 5.32 Å². The van der Waals surface area contributed by atoms with Gasteiger partial charge in [-0.2, -0.15) is 0 Å². The molecular formula is C19H18N2O4. The molecule has 1 N–H and O–H groups in total. The van der Waals surface area contributed by atoms with Crippen LogP contribution in [0.15, 0.2) is 54.6 Å². The lowest BCUT2D eigenvalue weighted by Crippen LogP contribution is -2.41. The molecular weight excluding hydrogens is 320 g/mol. The predicted octanol–water partition coefficient (Wildman–Crippen LogP) is 2.61. The van der Waals surface area contributed by atoms with E-state index in [4.69, 9.17) is 4.74 Å². The Labute approximate surface area is 145 Å². The second-order valence-electron chi connectivity index (χ2n) is 5.82. The van der Waals surface area contributed by atoms with Crippen molar-refractivity contribution in [2.24, 2.45) is 0 Å². The van der Waals surface area contributed by atoms with E-state index in [0.717, 1.165) is 0 Å². The second-order valence-corrected chi connectivity index (χ2v) is 5.82. The fourth-order valence-electron chi connectivity index (χ4n) is 2.82.